The Morgan fingerprint density at radius 3 is 2.57 bits per heavy atom. The van der Waals surface area contributed by atoms with Gasteiger partial charge in [-0.1, -0.05) is 20.8 Å². The number of hydrogen-bond donors (Lipinski definition) is 0. The lowest BCUT2D eigenvalue weighted by molar-refractivity contribution is -0.126. The largest absolute Gasteiger partial charge is 0.299 e. The normalized spacial score (nSPS) is 11.7. The van der Waals surface area contributed by atoms with Crippen molar-refractivity contribution in [1.82, 2.24) is 20.2 Å². The van der Waals surface area contributed by atoms with E-state index in [9.17, 15) is 4.79 Å². The predicted octanol–water partition coefficient (Wildman–Crippen LogP) is 0.758. The summed E-state index contributed by atoms with van der Waals surface area (Å²) in [5, 5.41) is 11.4. The molecule has 0 unspecified atom stereocenters. The SMILES string of the molecule is CCC(C)(C)C(=O)Cc1nnn(C)n1. The Kier molecular flexibility index (Phi) is 2.98. The molecule has 0 saturated heterocycles. The van der Waals surface area contributed by atoms with Crippen LogP contribution in [-0.2, 0) is 18.3 Å². The van der Waals surface area contributed by atoms with Crippen molar-refractivity contribution >= 4 is 5.78 Å². The zero-order valence-corrected chi connectivity index (χ0v) is 9.11. The second-order valence-electron chi connectivity index (χ2n) is 4.03. The van der Waals surface area contributed by atoms with Gasteiger partial charge < -0.3 is 0 Å². The van der Waals surface area contributed by atoms with Gasteiger partial charge in [0.05, 0.1) is 13.5 Å². The Hall–Kier alpha value is -1.26. The molecule has 14 heavy (non-hydrogen) atoms. The van der Waals surface area contributed by atoms with Crippen LogP contribution in [0.15, 0.2) is 0 Å². The molecule has 0 spiro atoms. The average Bonchev–Trinajstić information content (AvgIpc) is 2.51. The monoisotopic (exact) mass is 196 g/mol. The number of carbonyl (C=O) groups excluding carboxylic acids is 1. The second-order valence-corrected chi connectivity index (χ2v) is 4.03. The third-order valence-electron chi connectivity index (χ3n) is 2.51. The molecule has 0 aliphatic heterocycles. The molecule has 0 amide bonds. The van der Waals surface area contributed by atoms with Gasteiger partial charge in [-0.3, -0.25) is 4.79 Å². The van der Waals surface area contributed by atoms with Crippen LogP contribution in [-0.4, -0.2) is 26.0 Å². The van der Waals surface area contributed by atoms with Gasteiger partial charge in [0, 0.05) is 5.41 Å². The van der Waals surface area contributed by atoms with E-state index in [1.807, 2.05) is 20.8 Å². The van der Waals surface area contributed by atoms with Crippen molar-refractivity contribution in [2.24, 2.45) is 12.5 Å². The van der Waals surface area contributed by atoms with Gasteiger partial charge >= 0.3 is 0 Å². The van der Waals surface area contributed by atoms with Crippen LogP contribution in [0.2, 0.25) is 0 Å². The van der Waals surface area contributed by atoms with Crippen LogP contribution in [0.25, 0.3) is 0 Å². The zero-order valence-electron chi connectivity index (χ0n) is 9.11. The van der Waals surface area contributed by atoms with E-state index in [1.165, 1.54) is 4.80 Å². The summed E-state index contributed by atoms with van der Waals surface area (Å²) in [6.45, 7) is 5.87. The summed E-state index contributed by atoms with van der Waals surface area (Å²) in [7, 11) is 1.69. The number of Topliss-reactive ketones (excluding diaryl/α,β-unsaturated/α-hetero) is 1. The molecular formula is C9H16N4O. The molecule has 0 atom stereocenters. The molecular weight excluding hydrogens is 180 g/mol. The first-order valence-electron chi connectivity index (χ1n) is 4.72. The fraction of sp³-hybridized carbons (Fsp3) is 0.778. The molecule has 78 valence electrons. The maximum Gasteiger partial charge on any atom is 0.182 e. The van der Waals surface area contributed by atoms with E-state index in [-0.39, 0.29) is 17.6 Å². The van der Waals surface area contributed by atoms with Gasteiger partial charge in [0.25, 0.3) is 0 Å². The van der Waals surface area contributed by atoms with Gasteiger partial charge in [-0.15, -0.1) is 10.2 Å². The highest BCUT2D eigenvalue weighted by Gasteiger charge is 2.26. The van der Waals surface area contributed by atoms with Crippen LogP contribution >= 0.6 is 0 Å². The summed E-state index contributed by atoms with van der Waals surface area (Å²) in [6.07, 6.45) is 1.10. The summed E-state index contributed by atoms with van der Waals surface area (Å²) in [6, 6.07) is 0. The summed E-state index contributed by atoms with van der Waals surface area (Å²) < 4.78 is 0. The minimum atomic E-state index is -0.292. The van der Waals surface area contributed by atoms with Gasteiger partial charge in [-0.05, 0) is 11.6 Å². The lowest BCUT2D eigenvalue weighted by Crippen LogP contribution is -2.25. The standard InChI is InChI=1S/C9H16N4O/c1-5-9(2,3)7(14)6-8-10-12-13(4)11-8/h5-6H2,1-4H3. The summed E-state index contributed by atoms with van der Waals surface area (Å²) >= 11 is 0. The number of tetrazole rings is 1. The number of hydrogen-bond acceptors (Lipinski definition) is 4. The van der Waals surface area contributed by atoms with Crippen LogP contribution in [0, 0.1) is 5.41 Å². The van der Waals surface area contributed by atoms with E-state index in [2.05, 4.69) is 15.4 Å². The lowest BCUT2D eigenvalue weighted by atomic mass is 9.84. The van der Waals surface area contributed by atoms with Crippen LogP contribution < -0.4 is 0 Å². The maximum atomic E-state index is 11.8. The van der Waals surface area contributed by atoms with Crippen molar-refractivity contribution in [1.29, 1.82) is 0 Å². The third kappa shape index (κ3) is 2.37. The third-order valence-corrected chi connectivity index (χ3v) is 2.51. The molecule has 1 aromatic heterocycles. The Balaban J connectivity index is 2.66. The molecule has 0 aliphatic rings. The van der Waals surface area contributed by atoms with E-state index in [1.54, 1.807) is 7.05 Å². The van der Waals surface area contributed by atoms with Crippen molar-refractivity contribution < 1.29 is 4.79 Å². The molecule has 0 aliphatic carbocycles. The van der Waals surface area contributed by atoms with Crippen LogP contribution in [0.3, 0.4) is 0 Å². The molecule has 0 N–H and O–H groups in total. The molecule has 0 aromatic carbocycles. The van der Waals surface area contributed by atoms with Crippen molar-refractivity contribution in [3.63, 3.8) is 0 Å². The minimum absolute atomic E-state index is 0.160. The number of ketones is 1. The van der Waals surface area contributed by atoms with Crippen LogP contribution in [0.4, 0.5) is 0 Å². The van der Waals surface area contributed by atoms with E-state index in [0.29, 0.717) is 5.82 Å². The molecule has 0 bridgehead atoms. The van der Waals surface area contributed by atoms with Gasteiger partial charge in [0.15, 0.2) is 5.82 Å². The number of rotatable bonds is 4. The minimum Gasteiger partial charge on any atom is -0.299 e. The highest BCUT2D eigenvalue weighted by molar-refractivity contribution is 5.85. The lowest BCUT2D eigenvalue weighted by Gasteiger charge is -2.19. The Labute approximate surface area is 83.5 Å². The van der Waals surface area contributed by atoms with E-state index in [4.69, 9.17) is 0 Å². The zero-order chi connectivity index (χ0) is 10.8. The first-order chi connectivity index (χ1) is 6.45. The summed E-state index contributed by atoms with van der Waals surface area (Å²) in [5.41, 5.74) is -0.292. The van der Waals surface area contributed by atoms with Gasteiger partial charge in [-0.25, -0.2) is 0 Å². The second kappa shape index (κ2) is 3.86. The first-order valence-corrected chi connectivity index (χ1v) is 4.72. The molecule has 1 heterocycles. The van der Waals surface area contributed by atoms with E-state index in [0.717, 1.165) is 6.42 Å². The van der Waals surface area contributed by atoms with Crippen LogP contribution in [0.1, 0.15) is 33.0 Å². The highest BCUT2D eigenvalue weighted by Crippen LogP contribution is 2.22. The summed E-state index contributed by atoms with van der Waals surface area (Å²) in [5.74, 6) is 0.659. The van der Waals surface area contributed by atoms with Crippen molar-refractivity contribution in [3.05, 3.63) is 5.82 Å². The highest BCUT2D eigenvalue weighted by atomic mass is 16.1. The Morgan fingerprint density at radius 2 is 2.14 bits per heavy atom. The topological polar surface area (TPSA) is 60.7 Å². The quantitative estimate of drug-likeness (QED) is 0.713. The molecule has 0 radical (unpaired) electrons. The van der Waals surface area contributed by atoms with Crippen molar-refractivity contribution in [3.8, 4) is 0 Å². The van der Waals surface area contributed by atoms with Crippen LogP contribution in [0.5, 0.6) is 0 Å². The van der Waals surface area contributed by atoms with E-state index < -0.39 is 0 Å². The van der Waals surface area contributed by atoms with Gasteiger partial charge in [0.2, 0.25) is 0 Å². The van der Waals surface area contributed by atoms with Crippen molar-refractivity contribution in [2.75, 3.05) is 0 Å². The molecule has 0 saturated carbocycles. The number of nitrogens with zero attached hydrogens (tertiary/aromatic N) is 4. The predicted molar refractivity (Wildman–Crippen MR) is 51.6 cm³/mol. The molecule has 1 aromatic rings. The average molecular weight is 196 g/mol. The number of aromatic nitrogens is 4. The van der Waals surface area contributed by atoms with Gasteiger partial charge in [-0.2, -0.15) is 4.80 Å². The molecule has 5 nitrogen and oxygen atoms in total. The molecule has 0 fully saturated rings. The summed E-state index contributed by atoms with van der Waals surface area (Å²) in [4.78, 5) is 13.1. The maximum absolute atomic E-state index is 11.8. The molecule has 1 rings (SSSR count). The fourth-order valence-electron chi connectivity index (χ4n) is 0.974. The smallest absolute Gasteiger partial charge is 0.182 e. The van der Waals surface area contributed by atoms with Crippen molar-refractivity contribution in [2.45, 2.75) is 33.6 Å². The number of aryl methyl sites for hydroxylation is 1. The Morgan fingerprint density at radius 1 is 1.50 bits per heavy atom. The molecule has 5 heteroatoms. The number of carbonyl (C=O) groups is 1. The van der Waals surface area contributed by atoms with Gasteiger partial charge in [0.1, 0.15) is 5.78 Å². The fourth-order valence-corrected chi connectivity index (χ4v) is 0.974. The first kappa shape index (κ1) is 10.8. The Bertz CT molecular complexity index is 329. The van der Waals surface area contributed by atoms with E-state index >= 15 is 0 Å².